The van der Waals surface area contributed by atoms with Crippen LogP contribution in [0, 0.1) is 0 Å². The second-order valence-corrected chi connectivity index (χ2v) is 2.15. The van der Waals surface area contributed by atoms with Crippen LogP contribution in [0.25, 0.3) is 0 Å². The van der Waals surface area contributed by atoms with E-state index in [1.165, 1.54) is 0 Å². The molecule has 0 amide bonds. The summed E-state index contributed by atoms with van der Waals surface area (Å²) in [7, 11) is 0. The average molecular weight is 212 g/mol. The van der Waals surface area contributed by atoms with Gasteiger partial charge in [-0.1, -0.05) is 6.08 Å². The van der Waals surface area contributed by atoms with Gasteiger partial charge < -0.3 is 11.1 Å². The molecule has 0 aromatic heterocycles. The molecule has 0 fully saturated rings. The van der Waals surface area contributed by atoms with Crippen LogP contribution in [-0.4, -0.2) is 24.3 Å². The summed E-state index contributed by atoms with van der Waals surface area (Å²) in [5, 5.41) is 2.15. The molecule has 6 heteroatoms. The highest BCUT2D eigenvalue weighted by Gasteiger charge is 1.92. The van der Waals surface area contributed by atoms with E-state index in [9.17, 15) is 4.79 Å². The summed E-state index contributed by atoms with van der Waals surface area (Å²) >= 11 is 5.01. The van der Waals surface area contributed by atoms with Crippen LogP contribution in [0.2, 0.25) is 0 Å². The number of nitrogens with zero attached hydrogens (tertiary/aromatic N) is 1. The first-order valence-electron chi connectivity index (χ1n) is 3.00. The molecular formula is C6H11Cl2N3O. The van der Waals surface area contributed by atoms with Crippen LogP contribution in [0.3, 0.4) is 0 Å². The monoisotopic (exact) mass is 211 g/mol. The number of nitrogens with two attached hydrogens (primary N) is 1. The Balaban J connectivity index is 0. The fraction of sp³-hybridized carbons (Fsp3) is 0.333. The summed E-state index contributed by atoms with van der Waals surface area (Å²) in [4.78, 5) is 13.8. The highest BCUT2D eigenvalue weighted by Crippen LogP contribution is 1.79. The van der Waals surface area contributed by atoms with Gasteiger partial charge in [-0.15, -0.1) is 19.0 Å². The molecule has 70 valence electrons. The van der Waals surface area contributed by atoms with Crippen molar-refractivity contribution in [3.63, 3.8) is 0 Å². The van der Waals surface area contributed by atoms with Gasteiger partial charge in [-0.25, -0.2) is 4.99 Å². The minimum Gasteiger partial charge on any atom is -0.370 e. The van der Waals surface area contributed by atoms with E-state index in [0.29, 0.717) is 6.54 Å². The SMILES string of the molecule is C=CCNC(N)=NCC(=O)Cl.Cl. The van der Waals surface area contributed by atoms with Gasteiger partial charge in [0.25, 0.3) is 0 Å². The first-order valence-corrected chi connectivity index (χ1v) is 3.37. The zero-order chi connectivity index (χ0) is 8.69. The minimum absolute atomic E-state index is 0. The number of halogens is 2. The lowest BCUT2D eigenvalue weighted by atomic mass is 10.6. The van der Waals surface area contributed by atoms with E-state index in [4.69, 9.17) is 17.3 Å². The second-order valence-electron chi connectivity index (χ2n) is 1.73. The molecule has 0 heterocycles. The van der Waals surface area contributed by atoms with E-state index in [1.54, 1.807) is 6.08 Å². The van der Waals surface area contributed by atoms with Crippen LogP contribution in [0.1, 0.15) is 0 Å². The van der Waals surface area contributed by atoms with Crippen LogP contribution in [0.5, 0.6) is 0 Å². The quantitative estimate of drug-likeness (QED) is 0.304. The van der Waals surface area contributed by atoms with Crippen molar-refractivity contribution in [1.29, 1.82) is 0 Å². The molecule has 0 aliphatic carbocycles. The van der Waals surface area contributed by atoms with E-state index in [-0.39, 0.29) is 24.9 Å². The second kappa shape index (κ2) is 8.36. The Morgan fingerprint density at radius 1 is 1.75 bits per heavy atom. The van der Waals surface area contributed by atoms with Crippen molar-refractivity contribution in [2.45, 2.75) is 0 Å². The Hall–Kier alpha value is -0.740. The van der Waals surface area contributed by atoms with E-state index < -0.39 is 5.24 Å². The van der Waals surface area contributed by atoms with Crippen LogP contribution >= 0.6 is 24.0 Å². The molecule has 0 bridgehead atoms. The molecule has 0 rings (SSSR count). The summed E-state index contributed by atoms with van der Waals surface area (Å²) in [6, 6.07) is 0. The molecule has 12 heavy (non-hydrogen) atoms. The zero-order valence-electron chi connectivity index (χ0n) is 6.42. The normalized spacial score (nSPS) is 9.92. The van der Waals surface area contributed by atoms with Crippen molar-refractivity contribution in [2.75, 3.05) is 13.1 Å². The molecule has 0 unspecified atom stereocenters. The Kier molecular flexibility index (Phi) is 9.63. The third kappa shape index (κ3) is 9.26. The molecule has 3 N–H and O–H groups in total. The maximum atomic E-state index is 10.2. The predicted molar refractivity (Wildman–Crippen MR) is 52.8 cm³/mol. The zero-order valence-corrected chi connectivity index (χ0v) is 7.99. The lowest BCUT2D eigenvalue weighted by Gasteiger charge is -1.99. The molecular weight excluding hydrogens is 201 g/mol. The van der Waals surface area contributed by atoms with Gasteiger partial charge in [0.15, 0.2) is 5.96 Å². The molecule has 0 radical (unpaired) electrons. The Bertz CT molecular complexity index is 182. The smallest absolute Gasteiger partial charge is 0.243 e. The third-order valence-corrected chi connectivity index (χ3v) is 0.921. The molecule has 0 aliphatic heterocycles. The third-order valence-electron chi connectivity index (χ3n) is 0.801. The van der Waals surface area contributed by atoms with Gasteiger partial charge in [-0.2, -0.15) is 0 Å². The molecule has 0 saturated carbocycles. The summed E-state index contributed by atoms with van der Waals surface area (Å²) in [5.74, 6) is 0.193. The minimum atomic E-state index is -0.534. The van der Waals surface area contributed by atoms with E-state index in [0.717, 1.165) is 0 Å². The molecule has 0 spiro atoms. The number of aliphatic imine (C=N–C) groups is 1. The first-order chi connectivity index (χ1) is 5.16. The maximum Gasteiger partial charge on any atom is 0.243 e. The van der Waals surface area contributed by atoms with Gasteiger partial charge in [-0.05, 0) is 11.6 Å². The molecule has 0 aromatic carbocycles. The summed E-state index contributed by atoms with van der Waals surface area (Å²) in [6.07, 6.45) is 1.63. The van der Waals surface area contributed by atoms with Gasteiger partial charge in [0.05, 0.1) is 0 Å². The number of carbonyl (C=O) groups excluding carboxylic acids is 1. The Morgan fingerprint density at radius 2 is 2.33 bits per heavy atom. The van der Waals surface area contributed by atoms with E-state index in [2.05, 4.69) is 16.9 Å². The number of rotatable bonds is 4. The number of hydrogen-bond acceptors (Lipinski definition) is 2. The molecule has 0 aliphatic rings. The highest BCUT2D eigenvalue weighted by molar-refractivity contribution is 6.64. The number of nitrogens with one attached hydrogen (secondary N) is 1. The fourth-order valence-corrected chi connectivity index (χ4v) is 0.440. The molecule has 0 aromatic rings. The lowest BCUT2D eigenvalue weighted by molar-refractivity contribution is -0.110. The van der Waals surface area contributed by atoms with Gasteiger partial charge in [0, 0.05) is 6.54 Å². The van der Waals surface area contributed by atoms with Crippen LogP contribution in [-0.2, 0) is 4.79 Å². The number of hydrogen-bond donors (Lipinski definition) is 2. The standard InChI is InChI=1S/C6H10ClN3O.ClH/c1-2-3-9-6(8)10-4-5(7)11;/h2H,1,3-4H2,(H3,8,9,10);1H. The topological polar surface area (TPSA) is 67.5 Å². The number of carbonyl (C=O) groups is 1. The molecule has 0 atom stereocenters. The van der Waals surface area contributed by atoms with Gasteiger partial charge in [-0.3, -0.25) is 4.79 Å². The Labute approximate surface area is 82.3 Å². The predicted octanol–water partition coefficient (Wildman–Crippen LogP) is 0.264. The van der Waals surface area contributed by atoms with Crippen molar-refractivity contribution >= 4 is 35.2 Å². The van der Waals surface area contributed by atoms with E-state index in [1.807, 2.05) is 0 Å². The van der Waals surface area contributed by atoms with Gasteiger partial charge in [0.2, 0.25) is 5.24 Å². The van der Waals surface area contributed by atoms with E-state index >= 15 is 0 Å². The van der Waals surface area contributed by atoms with Crippen LogP contribution < -0.4 is 11.1 Å². The van der Waals surface area contributed by atoms with Crippen molar-refractivity contribution in [3.05, 3.63) is 12.7 Å². The van der Waals surface area contributed by atoms with Crippen molar-refractivity contribution in [1.82, 2.24) is 5.32 Å². The summed E-state index contributed by atoms with van der Waals surface area (Å²) in [6.45, 7) is 3.88. The fourth-order valence-electron chi connectivity index (χ4n) is 0.380. The molecule has 4 nitrogen and oxygen atoms in total. The van der Waals surface area contributed by atoms with Crippen molar-refractivity contribution < 1.29 is 4.79 Å². The lowest BCUT2D eigenvalue weighted by Crippen LogP contribution is -2.32. The van der Waals surface area contributed by atoms with Crippen molar-refractivity contribution in [3.8, 4) is 0 Å². The van der Waals surface area contributed by atoms with Crippen LogP contribution in [0.4, 0.5) is 0 Å². The van der Waals surface area contributed by atoms with Gasteiger partial charge in [0.1, 0.15) is 6.54 Å². The van der Waals surface area contributed by atoms with Gasteiger partial charge >= 0.3 is 0 Å². The van der Waals surface area contributed by atoms with Crippen molar-refractivity contribution in [2.24, 2.45) is 10.7 Å². The first kappa shape index (κ1) is 13.8. The highest BCUT2D eigenvalue weighted by atomic mass is 35.5. The van der Waals surface area contributed by atoms with Crippen LogP contribution in [0.15, 0.2) is 17.6 Å². The largest absolute Gasteiger partial charge is 0.370 e. The summed E-state index contributed by atoms with van der Waals surface area (Å²) < 4.78 is 0. The molecule has 0 saturated heterocycles. The number of guanidine groups is 1. The average Bonchev–Trinajstić information content (AvgIpc) is 1.97. The summed E-state index contributed by atoms with van der Waals surface area (Å²) in [5.41, 5.74) is 5.29. The Morgan fingerprint density at radius 3 is 2.75 bits per heavy atom. The maximum absolute atomic E-state index is 10.2.